The quantitative estimate of drug-likeness (QED) is 0.808. The summed E-state index contributed by atoms with van der Waals surface area (Å²) in [5.41, 5.74) is 6.28. The molecule has 2 N–H and O–H groups in total. The molecule has 0 radical (unpaired) electrons. The minimum absolute atomic E-state index is 0.187. The highest BCUT2D eigenvalue weighted by Gasteiger charge is 2.28. The van der Waals surface area contributed by atoms with Gasteiger partial charge in [0.2, 0.25) is 0 Å². The second kappa shape index (κ2) is 6.16. The van der Waals surface area contributed by atoms with E-state index in [2.05, 4.69) is 4.90 Å². The van der Waals surface area contributed by atoms with E-state index in [1.54, 1.807) is 7.11 Å². The van der Waals surface area contributed by atoms with E-state index in [9.17, 15) is 4.39 Å². The molecule has 1 aliphatic rings. The summed E-state index contributed by atoms with van der Waals surface area (Å²) in [5, 5.41) is 0. The Bertz CT molecular complexity index is 393. The molecule has 0 spiro atoms. The predicted octanol–water partition coefficient (Wildman–Crippen LogP) is 2.15. The monoisotopic (exact) mass is 252 g/mol. The smallest absolute Gasteiger partial charge is 0.131 e. The molecule has 1 aromatic carbocycles. The Balaban J connectivity index is 2.01. The van der Waals surface area contributed by atoms with Gasteiger partial charge in [-0.2, -0.15) is 0 Å². The zero-order valence-corrected chi connectivity index (χ0v) is 10.9. The third-order valence-corrected chi connectivity index (χ3v) is 3.35. The molecule has 0 aliphatic heterocycles. The number of methoxy groups -OCH3 is 1. The zero-order valence-electron chi connectivity index (χ0n) is 10.9. The van der Waals surface area contributed by atoms with Gasteiger partial charge in [-0.15, -0.1) is 0 Å². The van der Waals surface area contributed by atoms with Crippen LogP contribution in [0, 0.1) is 5.82 Å². The molecular weight excluding hydrogens is 231 g/mol. The molecule has 0 heterocycles. The molecule has 0 aromatic heterocycles. The summed E-state index contributed by atoms with van der Waals surface area (Å²) < 4.78 is 18.9. The summed E-state index contributed by atoms with van der Waals surface area (Å²) in [6.45, 7) is 2.31. The Morgan fingerprint density at radius 1 is 1.44 bits per heavy atom. The lowest BCUT2D eigenvalue weighted by molar-refractivity contribution is 0.249. The van der Waals surface area contributed by atoms with E-state index in [-0.39, 0.29) is 5.82 Å². The Morgan fingerprint density at radius 2 is 2.22 bits per heavy atom. The fourth-order valence-electron chi connectivity index (χ4n) is 2.13. The lowest BCUT2D eigenvalue weighted by Gasteiger charge is -2.22. The van der Waals surface area contributed by atoms with E-state index in [1.165, 1.54) is 18.9 Å². The van der Waals surface area contributed by atoms with E-state index < -0.39 is 0 Å². The molecule has 4 heteroatoms. The van der Waals surface area contributed by atoms with E-state index in [4.69, 9.17) is 10.5 Å². The third-order valence-electron chi connectivity index (χ3n) is 3.35. The van der Waals surface area contributed by atoms with Crippen molar-refractivity contribution in [1.29, 1.82) is 0 Å². The van der Waals surface area contributed by atoms with E-state index in [0.29, 0.717) is 24.9 Å². The number of hydrogen-bond donors (Lipinski definition) is 1. The Hall–Kier alpha value is -1.13. The minimum Gasteiger partial charge on any atom is -0.497 e. The second-order valence-corrected chi connectivity index (χ2v) is 4.80. The highest BCUT2D eigenvalue weighted by Crippen LogP contribution is 2.29. The van der Waals surface area contributed by atoms with Crippen LogP contribution in [0.1, 0.15) is 24.8 Å². The number of benzene rings is 1. The van der Waals surface area contributed by atoms with Crippen molar-refractivity contribution in [2.45, 2.75) is 31.8 Å². The lowest BCUT2D eigenvalue weighted by Crippen LogP contribution is -2.28. The van der Waals surface area contributed by atoms with Crippen molar-refractivity contribution < 1.29 is 9.13 Å². The Labute approximate surface area is 108 Å². The van der Waals surface area contributed by atoms with Gasteiger partial charge in [-0.05, 0) is 38.4 Å². The van der Waals surface area contributed by atoms with Crippen LogP contribution in [0.15, 0.2) is 18.2 Å². The first-order valence-corrected chi connectivity index (χ1v) is 6.51. The van der Waals surface area contributed by atoms with Crippen molar-refractivity contribution in [2.24, 2.45) is 5.73 Å². The normalized spacial score (nSPS) is 15.1. The fourth-order valence-corrected chi connectivity index (χ4v) is 2.13. The average molecular weight is 252 g/mol. The van der Waals surface area contributed by atoms with Gasteiger partial charge in [0, 0.05) is 24.2 Å². The third kappa shape index (κ3) is 3.43. The lowest BCUT2D eigenvalue weighted by atomic mass is 10.2. The molecule has 0 bridgehead atoms. The summed E-state index contributed by atoms with van der Waals surface area (Å²) in [7, 11) is 1.55. The van der Waals surface area contributed by atoms with Crippen LogP contribution in [-0.2, 0) is 6.54 Å². The van der Waals surface area contributed by atoms with Crippen LogP contribution >= 0.6 is 0 Å². The maximum absolute atomic E-state index is 13.9. The maximum Gasteiger partial charge on any atom is 0.131 e. The topological polar surface area (TPSA) is 38.5 Å². The largest absolute Gasteiger partial charge is 0.497 e. The van der Waals surface area contributed by atoms with E-state index in [0.717, 1.165) is 18.5 Å². The Kier molecular flexibility index (Phi) is 4.55. The van der Waals surface area contributed by atoms with Crippen molar-refractivity contribution in [1.82, 2.24) is 4.90 Å². The van der Waals surface area contributed by atoms with Gasteiger partial charge in [-0.25, -0.2) is 4.39 Å². The van der Waals surface area contributed by atoms with Crippen LogP contribution in [-0.4, -0.2) is 31.1 Å². The van der Waals surface area contributed by atoms with Crippen molar-refractivity contribution in [3.05, 3.63) is 29.6 Å². The number of ether oxygens (including phenoxy) is 1. The van der Waals surface area contributed by atoms with Gasteiger partial charge in [0.05, 0.1) is 7.11 Å². The number of hydrogen-bond acceptors (Lipinski definition) is 3. The first-order chi connectivity index (χ1) is 8.74. The first kappa shape index (κ1) is 13.3. The molecule has 3 nitrogen and oxygen atoms in total. The fraction of sp³-hybridized carbons (Fsp3) is 0.571. The van der Waals surface area contributed by atoms with Crippen LogP contribution in [0.4, 0.5) is 4.39 Å². The van der Waals surface area contributed by atoms with Gasteiger partial charge >= 0.3 is 0 Å². The molecule has 1 aromatic rings. The van der Waals surface area contributed by atoms with Crippen LogP contribution in [0.2, 0.25) is 0 Å². The Morgan fingerprint density at radius 3 is 2.78 bits per heavy atom. The summed E-state index contributed by atoms with van der Waals surface area (Å²) in [6, 6.07) is 5.69. The second-order valence-electron chi connectivity index (χ2n) is 4.80. The summed E-state index contributed by atoms with van der Waals surface area (Å²) in [5.74, 6) is 0.379. The van der Waals surface area contributed by atoms with Crippen LogP contribution in [0.5, 0.6) is 5.75 Å². The van der Waals surface area contributed by atoms with Crippen LogP contribution in [0.25, 0.3) is 0 Å². The molecule has 1 fully saturated rings. The van der Waals surface area contributed by atoms with Gasteiger partial charge in [0.1, 0.15) is 11.6 Å². The molecule has 0 unspecified atom stereocenters. The first-order valence-electron chi connectivity index (χ1n) is 6.51. The summed E-state index contributed by atoms with van der Waals surface area (Å²) in [4.78, 5) is 2.33. The predicted molar refractivity (Wildman–Crippen MR) is 70.1 cm³/mol. The molecule has 18 heavy (non-hydrogen) atoms. The maximum atomic E-state index is 13.9. The molecule has 1 saturated carbocycles. The molecule has 0 amide bonds. The van der Waals surface area contributed by atoms with E-state index in [1.807, 2.05) is 12.1 Å². The van der Waals surface area contributed by atoms with Crippen LogP contribution in [0.3, 0.4) is 0 Å². The standard InChI is InChI=1S/C14H21FN2O/c1-18-13-6-3-11(14(15)9-13)10-17(8-2-7-16)12-4-5-12/h3,6,9,12H,2,4-5,7-8,10,16H2,1H3. The van der Waals surface area contributed by atoms with Crippen molar-refractivity contribution in [2.75, 3.05) is 20.2 Å². The van der Waals surface area contributed by atoms with Gasteiger partial charge in [0.15, 0.2) is 0 Å². The number of nitrogens with two attached hydrogens (primary N) is 1. The van der Waals surface area contributed by atoms with Crippen LogP contribution < -0.4 is 10.5 Å². The SMILES string of the molecule is COc1ccc(CN(CCCN)C2CC2)c(F)c1. The highest BCUT2D eigenvalue weighted by molar-refractivity contribution is 5.29. The summed E-state index contributed by atoms with van der Waals surface area (Å²) in [6.07, 6.45) is 3.42. The van der Waals surface area contributed by atoms with Gasteiger partial charge in [0.25, 0.3) is 0 Å². The molecule has 0 saturated heterocycles. The molecule has 1 aliphatic carbocycles. The summed E-state index contributed by atoms with van der Waals surface area (Å²) >= 11 is 0. The van der Waals surface area contributed by atoms with Gasteiger partial charge in [-0.1, -0.05) is 6.07 Å². The van der Waals surface area contributed by atoms with E-state index >= 15 is 0 Å². The highest BCUT2D eigenvalue weighted by atomic mass is 19.1. The number of halogens is 1. The molecule has 0 atom stereocenters. The van der Waals surface area contributed by atoms with Crippen molar-refractivity contribution in [3.63, 3.8) is 0 Å². The molecule has 100 valence electrons. The average Bonchev–Trinajstić information content (AvgIpc) is 3.20. The molecule has 2 rings (SSSR count). The van der Waals surface area contributed by atoms with Crippen molar-refractivity contribution >= 4 is 0 Å². The minimum atomic E-state index is -0.187. The zero-order chi connectivity index (χ0) is 13.0. The van der Waals surface area contributed by atoms with Crippen molar-refractivity contribution in [3.8, 4) is 5.75 Å². The number of rotatable bonds is 7. The molecular formula is C14H21FN2O. The number of nitrogens with zero attached hydrogens (tertiary/aromatic N) is 1. The van der Waals surface area contributed by atoms with Gasteiger partial charge < -0.3 is 10.5 Å². The van der Waals surface area contributed by atoms with Gasteiger partial charge in [-0.3, -0.25) is 4.90 Å².